The highest BCUT2D eigenvalue weighted by atomic mass is 19.1. The SMILES string of the molecule is Cc1cccc(F)c1C(=O)N1CCCC(C(=O)Nc2cccc(C(C)(C)C)c2)[C@@H]1C1C=CC=C(n2cccc2)C1. The molecule has 0 bridgehead atoms. The van der Waals surface area contributed by atoms with Crippen molar-refractivity contribution in [2.24, 2.45) is 11.8 Å². The van der Waals surface area contributed by atoms with Gasteiger partial charge in [-0.2, -0.15) is 0 Å². The van der Waals surface area contributed by atoms with E-state index in [2.05, 4.69) is 48.9 Å². The van der Waals surface area contributed by atoms with E-state index in [4.69, 9.17) is 0 Å². The maximum Gasteiger partial charge on any atom is 0.257 e. The molecule has 5 rings (SSSR count). The monoisotopic (exact) mass is 539 g/mol. The van der Waals surface area contributed by atoms with Crippen LogP contribution in [0.15, 0.2) is 85.2 Å². The third-order valence-electron chi connectivity index (χ3n) is 8.18. The van der Waals surface area contributed by atoms with Crippen molar-refractivity contribution in [3.63, 3.8) is 0 Å². The van der Waals surface area contributed by atoms with Crippen molar-refractivity contribution in [3.05, 3.63) is 108 Å². The third kappa shape index (κ3) is 5.67. The molecule has 0 radical (unpaired) electrons. The molecule has 40 heavy (non-hydrogen) atoms. The number of carbonyl (C=O) groups excluding carboxylic acids is 2. The number of likely N-dealkylation sites (tertiary alicyclic amines) is 1. The summed E-state index contributed by atoms with van der Waals surface area (Å²) in [6.45, 7) is 8.67. The fourth-order valence-electron chi connectivity index (χ4n) is 6.06. The normalized spacial score (nSPS) is 21.2. The zero-order valence-electron chi connectivity index (χ0n) is 23.7. The summed E-state index contributed by atoms with van der Waals surface area (Å²) in [5.41, 5.74) is 3.61. The van der Waals surface area contributed by atoms with E-state index in [0.717, 1.165) is 16.9 Å². The van der Waals surface area contributed by atoms with Gasteiger partial charge in [0, 0.05) is 36.2 Å². The number of allylic oxidation sites excluding steroid dienone is 3. The molecule has 3 atom stereocenters. The van der Waals surface area contributed by atoms with Crippen molar-refractivity contribution in [3.8, 4) is 0 Å². The molecule has 1 aromatic heterocycles. The molecule has 3 aromatic rings. The van der Waals surface area contributed by atoms with E-state index in [9.17, 15) is 14.0 Å². The predicted molar refractivity (Wildman–Crippen MR) is 158 cm³/mol. The van der Waals surface area contributed by atoms with E-state index in [1.54, 1.807) is 24.0 Å². The molecular formula is C34H38FN3O2. The molecule has 1 N–H and O–H groups in total. The molecule has 2 amide bonds. The van der Waals surface area contributed by atoms with Crippen LogP contribution in [0.2, 0.25) is 0 Å². The summed E-state index contributed by atoms with van der Waals surface area (Å²) in [5, 5.41) is 3.16. The minimum atomic E-state index is -0.526. The number of carbonyl (C=O) groups is 2. The molecule has 2 aromatic carbocycles. The minimum absolute atomic E-state index is 0.0525. The highest BCUT2D eigenvalue weighted by Gasteiger charge is 2.43. The van der Waals surface area contributed by atoms with Gasteiger partial charge >= 0.3 is 0 Å². The summed E-state index contributed by atoms with van der Waals surface area (Å²) in [5.74, 6) is -1.53. The molecule has 2 unspecified atom stereocenters. The van der Waals surface area contributed by atoms with E-state index in [1.807, 2.05) is 48.8 Å². The maximum absolute atomic E-state index is 15.0. The highest BCUT2D eigenvalue weighted by Crippen LogP contribution is 2.38. The van der Waals surface area contributed by atoms with Crippen LogP contribution in [-0.4, -0.2) is 33.9 Å². The zero-order valence-corrected chi connectivity index (χ0v) is 23.7. The van der Waals surface area contributed by atoms with Crippen molar-refractivity contribution in [2.75, 3.05) is 11.9 Å². The number of piperidine rings is 1. The van der Waals surface area contributed by atoms with Gasteiger partial charge in [0.2, 0.25) is 5.91 Å². The molecule has 0 spiro atoms. The van der Waals surface area contributed by atoms with E-state index in [0.29, 0.717) is 31.4 Å². The van der Waals surface area contributed by atoms with E-state index < -0.39 is 17.8 Å². The first-order valence-electron chi connectivity index (χ1n) is 14.1. The quantitative estimate of drug-likeness (QED) is 0.373. The van der Waals surface area contributed by atoms with Gasteiger partial charge in [-0.25, -0.2) is 4.39 Å². The van der Waals surface area contributed by atoms with Gasteiger partial charge < -0.3 is 14.8 Å². The molecule has 5 nitrogen and oxygen atoms in total. The Kier molecular flexibility index (Phi) is 7.79. The molecule has 0 saturated carbocycles. The van der Waals surface area contributed by atoms with Crippen LogP contribution < -0.4 is 5.32 Å². The van der Waals surface area contributed by atoms with E-state index in [1.165, 1.54) is 6.07 Å². The van der Waals surface area contributed by atoms with Gasteiger partial charge in [0.25, 0.3) is 5.91 Å². The Hall–Kier alpha value is -3.93. The number of halogens is 1. The molecule has 2 heterocycles. The number of aromatic nitrogens is 1. The topological polar surface area (TPSA) is 54.3 Å². The van der Waals surface area contributed by atoms with Crippen LogP contribution in [0, 0.1) is 24.6 Å². The number of hydrogen-bond acceptors (Lipinski definition) is 2. The van der Waals surface area contributed by atoms with Gasteiger partial charge in [0.15, 0.2) is 0 Å². The van der Waals surface area contributed by atoms with Crippen molar-refractivity contribution in [2.45, 2.75) is 58.4 Å². The second-order valence-electron chi connectivity index (χ2n) is 12.0. The average Bonchev–Trinajstić information content (AvgIpc) is 3.47. The smallest absolute Gasteiger partial charge is 0.257 e. The lowest BCUT2D eigenvalue weighted by Crippen LogP contribution is -2.55. The summed E-state index contributed by atoms with van der Waals surface area (Å²) in [6.07, 6.45) is 12.2. The lowest BCUT2D eigenvalue weighted by Gasteiger charge is -2.45. The lowest BCUT2D eigenvalue weighted by atomic mass is 9.77. The Balaban J connectivity index is 1.49. The molecule has 1 fully saturated rings. The molecule has 2 aliphatic rings. The Morgan fingerprint density at radius 1 is 1.02 bits per heavy atom. The van der Waals surface area contributed by atoms with Crippen LogP contribution in [0.25, 0.3) is 5.70 Å². The van der Waals surface area contributed by atoms with Crippen LogP contribution in [0.3, 0.4) is 0 Å². The van der Waals surface area contributed by atoms with Crippen LogP contribution >= 0.6 is 0 Å². The number of rotatable bonds is 5. The van der Waals surface area contributed by atoms with Gasteiger partial charge in [-0.3, -0.25) is 9.59 Å². The van der Waals surface area contributed by atoms with Crippen molar-refractivity contribution >= 4 is 23.2 Å². The third-order valence-corrected chi connectivity index (χ3v) is 8.18. The molecular weight excluding hydrogens is 501 g/mol. The Morgan fingerprint density at radius 2 is 1.77 bits per heavy atom. The van der Waals surface area contributed by atoms with Crippen LogP contribution in [-0.2, 0) is 10.2 Å². The number of anilines is 1. The lowest BCUT2D eigenvalue weighted by molar-refractivity contribution is -0.123. The Morgan fingerprint density at radius 3 is 2.50 bits per heavy atom. The molecule has 1 aliphatic carbocycles. The summed E-state index contributed by atoms with van der Waals surface area (Å²) in [6, 6.07) is 16.2. The van der Waals surface area contributed by atoms with E-state index >= 15 is 0 Å². The summed E-state index contributed by atoms with van der Waals surface area (Å²) < 4.78 is 17.1. The van der Waals surface area contributed by atoms with Crippen LogP contribution in [0.4, 0.5) is 10.1 Å². The maximum atomic E-state index is 15.0. The number of nitrogens with one attached hydrogen (secondary N) is 1. The molecule has 208 valence electrons. The van der Waals surface area contributed by atoms with Crippen molar-refractivity contribution in [1.82, 2.24) is 9.47 Å². The van der Waals surface area contributed by atoms with E-state index in [-0.39, 0.29) is 28.7 Å². The van der Waals surface area contributed by atoms with Crippen LogP contribution in [0.1, 0.15) is 61.5 Å². The number of benzene rings is 2. The first kappa shape index (κ1) is 27.6. The number of aryl methyl sites for hydroxylation is 1. The van der Waals surface area contributed by atoms with Gasteiger partial charge in [-0.15, -0.1) is 0 Å². The summed E-state index contributed by atoms with van der Waals surface area (Å²) >= 11 is 0. The summed E-state index contributed by atoms with van der Waals surface area (Å²) in [4.78, 5) is 29.7. The summed E-state index contributed by atoms with van der Waals surface area (Å²) in [7, 11) is 0. The highest BCUT2D eigenvalue weighted by molar-refractivity contribution is 5.98. The molecule has 1 saturated heterocycles. The van der Waals surface area contributed by atoms with Gasteiger partial charge in [0.1, 0.15) is 5.82 Å². The van der Waals surface area contributed by atoms with Gasteiger partial charge in [-0.1, -0.05) is 57.2 Å². The standard InChI is InChI=1S/C34H38FN3O2/c1-23-11-7-17-29(35)30(23)33(40)38-20-10-16-28(32(39)36-26-14-9-13-25(22-26)34(2,3)4)31(38)24-12-8-15-27(21-24)37-18-5-6-19-37/h5-9,11-15,17-19,22,24,28,31H,10,16,20-21H2,1-4H3,(H,36,39)/t24?,28?,31-/m0/s1. The Labute approximate surface area is 236 Å². The first-order valence-corrected chi connectivity index (χ1v) is 14.1. The van der Waals surface area contributed by atoms with Crippen molar-refractivity contribution < 1.29 is 14.0 Å². The Bertz CT molecular complexity index is 1430. The average molecular weight is 540 g/mol. The fourth-order valence-corrected chi connectivity index (χ4v) is 6.06. The molecule has 6 heteroatoms. The second kappa shape index (κ2) is 11.3. The predicted octanol–water partition coefficient (Wildman–Crippen LogP) is 7.21. The molecule has 1 aliphatic heterocycles. The van der Waals surface area contributed by atoms with Crippen molar-refractivity contribution in [1.29, 1.82) is 0 Å². The number of nitrogens with zero attached hydrogens (tertiary/aromatic N) is 2. The number of amides is 2. The largest absolute Gasteiger partial charge is 0.334 e. The first-order chi connectivity index (χ1) is 19.1. The van der Waals surface area contributed by atoms with Gasteiger partial charge in [-0.05, 0) is 79.1 Å². The fraction of sp³-hybridized carbons (Fsp3) is 0.353. The zero-order chi connectivity index (χ0) is 28.4. The second-order valence-corrected chi connectivity index (χ2v) is 12.0. The van der Waals surface area contributed by atoms with Crippen LogP contribution in [0.5, 0.6) is 0 Å². The van der Waals surface area contributed by atoms with Gasteiger partial charge in [0.05, 0.1) is 17.5 Å². The minimum Gasteiger partial charge on any atom is -0.334 e. The number of hydrogen-bond donors (Lipinski definition) is 1.